The highest BCUT2D eigenvalue weighted by molar-refractivity contribution is 7.22. The van der Waals surface area contributed by atoms with Gasteiger partial charge < -0.3 is 9.84 Å². The quantitative estimate of drug-likeness (QED) is 0.397. The molecule has 170 valence electrons. The number of nitrogens with zero attached hydrogens (tertiary/aromatic N) is 4. The molecule has 8 nitrogen and oxygen atoms in total. The first kappa shape index (κ1) is 21.7. The van der Waals surface area contributed by atoms with E-state index >= 15 is 0 Å². The van der Waals surface area contributed by atoms with Gasteiger partial charge in [-0.2, -0.15) is 4.98 Å². The molecule has 0 unspecified atom stereocenters. The molecular weight excluding hydrogens is 450 g/mol. The van der Waals surface area contributed by atoms with Crippen molar-refractivity contribution in [1.29, 1.82) is 0 Å². The molecule has 0 aliphatic carbocycles. The summed E-state index contributed by atoms with van der Waals surface area (Å²) in [5.41, 5.74) is 4.17. The summed E-state index contributed by atoms with van der Waals surface area (Å²) in [5.74, 6) is 0.504. The Labute approximate surface area is 198 Å². The van der Waals surface area contributed by atoms with Gasteiger partial charge in [0.05, 0.1) is 16.6 Å². The van der Waals surface area contributed by atoms with Crippen LogP contribution in [-0.4, -0.2) is 25.6 Å². The van der Waals surface area contributed by atoms with Gasteiger partial charge in [0.1, 0.15) is 11.4 Å². The van der Waals surface area contributed by atoms with E-state index in [9.17, 15) is 9.59 Å². The molecule has 9 heteroatoms. The third kappa shape index (κ3) is 4.13. The molecule has 2 aromatic carbocycles. The van der Waals surface area contributed by atoms with Gasteiger partial charge in [-0.25, -0.2) is 4.98 Å². The number of nitrogens with one attached hydrogen (secondary N) is 1. The topological polar surface area (TPSA) is 103 Å². The number of fused-ring (bicyclic) bond motifs is 1. The maximum atomic E-state index is 13.2. The van der Waals surface area contributed by atoms with Gasteiger partial charge in [-0.05, 0) is 38.5 Å². The Hall–Kier alpha value is -4.11. The van der Waals surface area contributed by atoms with Crippen molar-refractivity contribution in [2.45, 2.75) is 27.3 Å². The minimum Gasteiger partial charge on any atom is -0.333 e. The van der Waals surface area contributed by atoms with Gasteiger partial charge in [-0.3, -0.25) is 14.2 Å². The van der Waals surface area contributed by atoms with Crippen LogP contribution in [0.4, 0.5) is 5.69 Å². The van der Waals surface area contributed by atoms with Gasteiger partial charge in [0.15, 0.2) is 0 Å². The highest BCUT2D eigenvalue weighted by Gasteiger charge is 2.21. The second kappa shape index (κ2) is 8.68. The van der Waals surface area contributed by atoms with Crippen molar-refractivity contribution in [3.8, 4) is 22.2 Å². The van der Waals surface area contributed by atoms with Crippen LogP contribution in [0.5, 0.6) is 0 Å². The van der Waals surface area contributed by atoms with E-state index in [0.717, 1.165) is 16.7 Å². The van der Waals surface area contributed by atoms with Crippen LogP contribution < -0.4 is 10.9 Å². The van der Waals surface area contributed by atoms with E-state index in [4.69, 9.17) is 4.52 Å². The van der Waals surface area contributed by atoms with Crippen LogP contribution in [0.15, 0.2) is 64.2 Å². The minimum atomic E-state index is -0.306. The fourth-order valence-electron chi connectivity index (χ4n) is 3.60. The number of carbonyl (C=O) groups is 1. The molecule has 3 heterocycles. The molecule has 0 bridgehead atoms. The maximum absolute atomic E-state index is 13.2. The number of hydrogen-bond acceptors (Lipinski definition) is 7. The molecule has 0 aliphatic heterocycles. The van der Waals surface area contributed by atoms with Crippen molar-refractivity contribution in [1.82, 2.24) is 19.7 Å². The monoisotopic (exact) mass is 471 g/mol. The number of thiophene rings is 1. The summed E-state index contributed by atoms with van der Waals surface area (Å²) in [6.45, 7) is 5.67. The SMILES string of the molecule is Cc1ccc(NC(=O)Cn2cnc3sc(-c4nc(-c5ccc(C)cc5)no4)c(C)c3c2=O)cc1. The number of rotatable bonds is 5. The molecule has 5 rings (SSSR count). The van der Waals surface area contributed by atoms with Crippen molar-refractivity contribution in [3.05, 3.63) is 81.9 Å². The van der Waals surface area contributed by atoms with E-state index in [2.05, 4.69) is 20.4 Å². The lowest BCUT2D eigenvalue weighted by atomic mass is 10.1. The molecule has 0 radical (unpaired) electrons. The fourth-order valence-corrected chi connectivity index (χ4v) is 4.66. The van der Waals surface area contributed by atoms with Gasteiger partial charge >= 0.3 is 0 Å². The Bertz CT molecular complexity index is 1560. The summed E-state index contributed by atoms with van der Waals surface area (Å²) >= 11 is 1.31. The normalized spacial score (nSPS) is 11.1. The second-order valence-electron chi connectivity index (χ2n) is 8.12. The average Bonchev–Trinajstić information content (AvgIpc) is 3.43. The van der Waals surface area contributed by atoms with Crippen molar-refractivity contribution >= 4 is 33.1 Å². The lowest BCUT2D eigenvalue weighted by Gasteiger charge is -2.07. The Morgan fingerprint density at radius 1 is 1.03 bits per heavy atom. The van der Waals surface area contributed by atoms with Gasteiger partial charge in [0.25, 0.3) is 11.4 Å². The van der Waals surface area contributed by atoms with Crippen molar-refractivity contribution in [2.75, 3.05) is 5.32 Å². The number of hydrogen-bond donors (Lipinski definition) is 1. The number of aromatic nitrogens is 4. The van der Waals surface area contributed by atoms with Crippen molar-refractivity contribution < 1.29 is 9.32 Å². The molecule has 0 spiro atoms. The highest BCUT2D eigenvalue weighted by Crippen LogP contribution is 2.35. The van der Waals surface area contributed by atoms with Crippen LogP contribution in [0.3, 0.4) is 0 Å². The number of carbonyl (C=O) groups excluding carboxylic acids is 1. The van der Waals surface area contributed by atoms with Crippen molar-refractivity contribution in [2.24, 2.45) is 0 Å². The summed E-state index contributed by atoms with van der Waals surface area (Å²) in [7, 11) is 0. The number of amides is 1. The summed E-state index contributed by atoms with van der Waals surface area (Å²) < 4.78 is 6.81. The lowest BCUT2D eigenvalue weighted by molar-refractivity contribution is -0.116. The third-order valence-corrected chi connectivity index (χ3v) is 6.68. The predicted octanol–water partition coefficient (Wildman–Crippen LogP) is 4.74. The number of anilines is 1. The van der Waals surface area contributed by atoms with Crippen LogP contribution >= 0.6 is 11.3 Å². The molecular formula is C25H21N5O3S. The molecule has 0 fully saturated rings. The Balaban J connectivity index is 1.43. The van der Waals surface area contributed by atoms with E-state index < -0.39 is 0 Å². The molecule has 5 aromatic rings. The zero-order valence-corrected chi connectivity index (χ0v) is 19.6. The van der Waals surface area contributed by atoms with Crippen molar-refractivity contribution in [3.63, 3.8) is 0 Å². The Morgan fingerprint density at radius 3 is 2.41 bits per heavy atom. The first-order valence-corrected chi connectivity index (χ1v) is 11.5. The van der Waals surface area contributed by atoms with Gasteiger partial charge in [-0.15, -0.1) is 11.3 Å². The molecule has 0 aliphatic rings. The van der Waals surface area contributed by atoms with Crippen LogP contribution in [0.25, 0.3) is 32.4 Å². The van der Waals surface area contributed by atoms with Gasteiger partial charge in [0, 0.05) is 11.3 Å². The van der Waals surface area contributed by atoms with E-state index in [-0.39, 0.29) is 18.0 Å². The molecule has 34 heavy (non-hydrogen) atoms. The number of aryl methyl sites for hydroxylation is 3. The smallest absolute Gasteiger partial charge is 0.268 e. The van der Waals surface area contributed by atoms with Gasteiger partial charge in [-0.1, -0.05) is 52.7 Å². The zero-order valence-electron chi connectivity index (χ0n) is 18.8. The summed E-state index contributed by atoms with van der Waals surface area (Å²) in [4.78, 5) is 35.8. The molecule has 1 N–H and O–H groups in total. The fraction of sp³-hybridized carbons (Fsp3) is 0.160. The highest BCUT2D eigenvalue weighted by atomic mass is 32.1. The predicted molar refractivity (Wildman–Crippen MR) is 132 cm³/mol. The van der Waals surface area contributed by atoms with E-state index in [1.807, 2.05) is 69.3 Å². The molecule has 0 saturated heterocycles. The summed E-state index contributed by atoms with van der Waals surface area (Å²) in [6.07, 6.45) is 1.39. The molecule has 0 atom stereocenters. The lowest BCUT2D eigenvalue weighted by Crippen LogP contribution is -2.27. The molecule has 3 aromatic heterocycles. The second-order valence-corrected chi connectivity index (χ2v) is 9.12. The molecule has 1 amide bonds. The Morgan fingerprint density at radius 2 is 1.71 bits per heavy atom. The summed E-state index contributed by atoms with van der Waals surface area (Å²) in [5, 5.41) is 7.34. The van der Waals surface area contributed by atoms with Crippen LogP contribution in [0, 0.1) is 20.8 Å². The van der Waals surface area contributed by atoms with E-state index in [1.54, 1.807) is 0 Å². The first-order valence-electron chi connectivity index (χ1n) is 10.7. The third-order valence-electron chi connectivity index (χ3n) is 5.50. The van der Waals surface area contributed by atoms with Crippen LogP contribution in [0.2, 0.25) is 0 Å². The van der Waals surface area contributed by atoms with Crippen LogP contribution in [-0.2, 0) is 11.3 Å². The Kier molecular flexibility index (Phi) is 5.54. The minimum absolute atomic E-state index is 0.140. The summed E-state index contributed by atoms with van der Waals surface area (Å²) in [6, 6.07) is 15.3. The van der Waals surface area contributed by atoms with Gasteiger partial charge in [0.2, 0.25) is 11.7 Å². The van der Waals surface area contributed by atoms with Crippen LogP contribution in [0.1, 0.15) is 16.7 Å². The molecule has 0 saturated carbocycles. The average molecular weight is 472 g/mol. The first-order chi connectivity index (χ1) is 16.4. The zero-order chi connectivity index (χ0) is 23.8. The maximum Gasteiger partial charge on any atom is 0.268 e. The van der Waals surface area contributed by atoms with E-state index in [0.29, 0.717) is 38.1 Å². The van der Waals surface area contributed by atoms with E-state index in [1.165, 1.54) is 22.2 Å². The number of benzene rings is 2. The largest absolute Gasteiger partial charge is 0.333 e. The standard InChI is InChI=1S/C25H21N5O3S/c1-14-4-8-17(9-5-14)22-28-23(33-29-22)21-16(3)20-24(34-21)26-13-30(25(20)32)12-19(31)27-18-10-6-15(2)7-11-18/h4-11,13H,12H2,1-3H3,(H,27,31).